The summed E-state index contributed by atoms with van der Waals surface area (Å²) in [6, 6.07) is 2.19. The van der Waals surface area contributed by atoms with Crippen LogP contribution in [0.2, 0.25) is 0 Å². The normalized spacial score (nSPS) is 11.3. The standard InChI is InChI=1S/C8H7F2NO2/c1-8(9,10)5-2-3-6(7(12)13)11-4-5/h2-4H,1H3,(H,12,13)/p+1. The average Bonchev–Trinajstić information content (AvgIpc) is 2.03. The van der Waals surface area contributed by atoms with E-state index in [4.69, 9.17) is 5.11 Å². The molecule has 70 valence electrons. The molecule has 0 saturated carbocycles. The first kappa shape index (κ1) is 9.57. The third-order valence-electron chi connectivity index (χ3n) is 1.55. The Bertz CT molecular complexity index is 316. The van der Waals surface area contributed by atoms with E-state index >= 15 is 0 Å². The maximum absolute atomic E-state index is 12.6. The first-order valence-electron chi connectivity index (χ1n) is 3.54. The number of alkyl halides is 2. The number of hydrogen-bond donors (Lipinski definition) is 1. The predicted molar refractivity (Wildman–Crippen MR) is 39.5 cm³/mol. The maximum Gasteiger partial charge on any atom is 0.401 e. The van der Waals surface area contributed by atoms with Gasteiger partial charge in [-0.1, -0.05) is 0 Å². The van der Waals surface area contributed by atoms with Crippen molar-refractivity contribution in [2.45, 2.75) is 12.8 Å². The molecule has 0 fully saturated rings. The number of carboxylic acid groups (broad SMARTS) is 1. The van der Waals surface area contributed by atoms with Gasteiger partial charge in [0.2, 0.25) is 0 Å². The van der Waals surface area contributed by atoms with Crippen molar-refractivity contribution in [1.82, 2.24) is 0 Å². The Balaban J connectivity index is 3.01. The number of nitrogens with one attached hydrogen (secondary N) is 1. The summed E-state index contributed by atoms with van der Waals surface area (Å²) in [4.78, 5) is 12.6. The first-order chi connectivity index (χ1) is 5.91. The van der Waals surface area contributed by atoms with Crippen LogP contribution in [0, 0.1) is 0 Å². The molecule has 3 nitrogen and oxygen atoms in total. The number of hydrogen-bond acceptors (Lipinski definition) is 1. The number of halogens is 2. The van der Waals surface area contributed by atoms with Crippen molar-refractivity contribution in [3.63, 3.8) is 0 Å². The highest BCUT2D eigenvalue weighted by molar-refractivity contribution is 5.83. The van der Waals surface area contributed by atoms with Gasteiger partial charge in [0.25, 0.3) is 11.6 Å². The van der Waals surface area contributed by atoms with Gasteiger partial charge in [-0.15, -0.1) is 0 Å². The molecule has 0 saturated heterocycles. The fourth-order valence-corrected chi connectivity index (χ4v) is 0.831. The molecular formula is C8H8F2NO2+. The largest absolute Gasteiger partial charge is 0.473 e. The summed E-state index contributed by atoms with van der Waals surface area (Å²) >= 11 is 0. The Hall–Kier alpha value is -1.52. The lowest BCUT2D eigenvalue weighted by molar-refractivity contribution is -0.385. The molecule has 0 bridgehead atoms. The number of rotatable bonds is 2. The van der Waals surface area contributed by atoms with Gasteiger partial charge in [-0.3, -0.25) is 0 Å². The smallest absolute Gasteiger partial charge is 0.401 e. The van der Waals surface area contributed by atoms with Crippen molar-refractivity contribution in [1.29, 1.82) is 0 Å². The Morgan fingerprint density at radius 1 is 1.54 bits per heavy atom. The van der Waals surface area contributed by atoms with Crippen molar-refractivity contribution >= 4 is 5.97 Å². The molecule has 0 aliphatic heterocycles. The number of H-pyrrole nitrogens is 1. The molecule has 0 aromatic carbocycles. The molecule has 2 N–H and O–H groups in total. The molecule has 1 aromatic rings. The van der Waals surface area contributed by atoms with Gasteiger partial charge >= 0.3 is 5.97 Å². The number of pyridine rings is 1. The van der Waals surface area contributed by atoms with E-state index in [2.05, 4.69) is 4.98 Å². The quantitative estimate of drug-likeness (QED) is 0.760. The van der Waals surface area contributed by atoms with Crippen LogP contribution >= 0.6 is 0 Å². The fourth-order valence-electron chi connectivity index (χ4n) is 0.831. The summed E-state index contributed by atoms with van der Waals surface area (Å²) in [6.07, 6.45) is 0.990. The lowest BCUT2D eigenvalue weighted by Crippen LogP contribution is -2.19. The fraction of sp³-hybridized carbons (Fsp3) is 0.250. The number of carboxylic acids is 1. The van der Waals surface area contributed by atoms with Crippen LogP contribution in [0.3, 0.4) is 0 Å². The Kier molecular flexibility index (Phi) is 2.27. The number of aromatic carboxylic acids is 1. The number of aromatic amines is 1. The molecule has 1 aromatic heterocycles. The summed E-state index contributed by atoms with van der Waals surface area (Å²) < 4.78 is 25.2. The van der Waals surface area contributed by atoms with Crippen LogP contribution < -0.4 is 4.98 Å². The van der Waals surface area contributed by atoms with Gasteiger partial charge in [-0.05, 0) is 6.07 Å². The highest BCUT2D eigenvalue weighted by Crippen LogP contribution is 2.24. The van der Waals surface area contributed by atoms with Crippen LogP contribution in [0.5, 0.6) is 0 Å². The maximum atomic E-state index is 12.6. The Morgan fingerprint density at radius 3 is 2.46 bits per heavy atom. The second-order valence-corrected chi connectivity index (χ2v) is 2.68. The van der Waals surface area contributed by atoms with Crippen LogP contribution in [-0.2, 0) is 5.92 Å². The van der Waals surface area contributed by atoms with E-state index in [0.29, 0.717) is 0 Å². The van der Waals surface area contributed by atoms with Crippen molar-refractivity contribution < 1.29 is 23.7 Å². The highest BCUT2D eigenvalue weighted by atomic mass is 19.3. The molecule has 13 heavy (non-hydrogen) atoms. The molecule has 0 aliphatic carbocycles. The van der Waals surface area contributed by atoms with E-state index in [1.165, 1.54) is 0 Å². The Morgan fingerprint density at radius 2 is 2.15 bits per heavy atom. The summed E-state index contributed by atoms with van der Waals surface area (Å²) in [5.41, 5.74) is -0.356. The van der Waals surface area contributed by atoms with Gasteiger partial charge in [0.05, 0.1) is 5.56 Å². The van der Waals surface area contributed by atoms with Crippen LogP contribution in [0.25, 0.3) is 0 Å². The molecule has 0 spiro atoms. The molecule has 0 atom stereocenters. The molecule has 1 heterocycles. The lowest BCUT2D eigenvalue weighted by Gasteiger charge is -2.06. The summed E-state index contributed by atoms with van der Waals surface area (Å²) in [5, 5.41) is 8.46. The van der Waals surface area contributed by atoms with Crippen LogP contribution in [0.15, 0.2) is 18.3 Å². The summed E-state index contributed by atoms with van der Waals surface area (Å²) in [7, 11) is 0. The SMILES string of the molecule is CC(F)(F)c1ccc(C(=O)O)[nH+]c1. The molecule has 1 rings (SSSR count). The van der Waals surface area contributed by atoms with Gasteiger partial charge in [0.1, 0.15) is 0 Å². The minimum atomic E-state index is -2.95. The minimum absolute atomic E-state index is 0.118. The molecule has 0 radical (unpaired) electrons. The molecule has 0 aliphatic rings. The van der Waals surface area contributed by atoms with E-state index in [-0.39, 0.29) is 11.3 Å². The van der Waals surface area contributed by atoms with E-state index in [1.54, 1.807) is 0 Å². The van der Waals surface area contributed by atoms with Crippen LogP contribution in [0.1, 0.15) is 23.0 Å². The van der Waals surface area contributed by atoms with E-state index in [1.807, 2.05) is 0 Å². The zero-order valence-corrected chi connectivity index (χ0v) is 6.84. The second-order valence-electron chi connectivity index (χ2n) is 2.68. The monoisotopic (exact) mass is 188 g/mol. The topological polar surface area (TPSA) is 51.4 Å². The summed E-state index contributed by atoms with van der Waals surface area (Å²) in [6.45, 7) is 0.747. The molecule has 5 heteroatoms. The zero-order valence-electron chi connectivity index (χ0n) is 6.84. The van der Waals surface area contributed by atoms with Crippen molar-refractivity contribution in [2.24, 2.45) is 0 Å². The lowest BCUT2D eigenvalue weighted by atomic mass is 10.1. The first-order valence-corrected chi connectivity index (χ1v) is 3.54. The molecule has 0 amide bonds. The zero-order chi connectivity index (χ0) is 10.1. The average molecular weight is 188 g/mol. The van der Waals surface area contributed by atoms with Crippen molar-refractivity contribution in [3.05, 3.63) is 29.6 Å². The predicted octanol–water partition coefficient (Wildman–Crippen LogP) is 1.31. The van der Waals surface area contributed by atoms with E-state index in [0.717, 1.165) is 25.3 Å². The van der Waals surface area contributed by atoms with Gasteiger partial charge in [-0.2, -0.15) is 0 Å². The number of carbonyl (C=O) groups is 1. The molecular weight excluding hydrogens is 180 g/mol. The van der Waals surface area contributed by atoms with E-state index in [9.17, 15) is 13.6 Å². The number of aromatic nitrogens is 1. The van der Waals surface area contributed by atoms with E-state index < -0.39 is 11.9 Å². The summed E-state index contributed by atoms with van der Waals surface area (Å²) in [5.74, 6) is -4.13. The second kappa shape index (κ2) is 3.08. The molecule has 0 unspecified atom stereocenters. The Labute approximate surface area is 73.0 Å². The van der Waals surface area contributed by atoms with Gasteiger partial charge in [0, 0.05) is 13.0 Å². The van der Waals surface area contributed by atoms with Crippen LogP contribution in [0.4, 0.5) is 8.78 Å². The van der Waals surface area contributed by atoms with Crippen molar-refractivity contribution in [2.75, 3.05) is 0 Å². The highest BCUT2D eigenvalue weighted by Gasteiger charge is 2.27. The minimum Gasteiger partial charge on any atom is -0.473 e. The van der Waals surface area contributed by atoms with Gasteiger partial charge in [0.15, 0.2) is 6.20 Å². The third-order valence-corrected chi connectivity index (χ3v) is 1.55. The third kappa shape index (κ3) is 2.21. The van der Waals surface area contributed by atoms with Crippen LogP contribution in [-0.4, -0.2) is 11.1 Å². The van der Waals surface area contributed by atoms with Crippen molar-refractivity contribution in [3.8, 4) is 0 Å². The van der Waals surface area contributed by atoms with Gasteiger partial charge < -0.3 is 5.11 Å². The van der Waals surface area contributed by atoms with Gasteiger partial charge in [-0.25, -0.2) is 18.6 Å².